The number of nitrogens with one attached hydrogen (secondary N) is 2. The number of anilines is 1. The van der Waals surface area contributed by atoms with E-state index in [1.165, 1.54) is 0 Å². The Labute approximate surface area is 113 Å². The van der Waals surface area contributed by atoms with Crippen molar-refractivity contribution in [2.24, 2.45) is 0 Å². The largest absolute Gasteiger partial charge is 0.344 e. The fraction of sp³-hybridized carbons (Fsp3) is 0.429. The summed E-state index contributed by atoms with van der Waals surface area (Å²) in [6.07, 6.45) is 2.91. The van der Waals surface area contributed by atoms with E-state index in [4.69, 9.17) is 0 Å². The van der Waals surface area contributed by atoms with E-state index in [-0.39, 0.29) is 5.91 Å². The number of aryl methyl sites for hydroxylation is 1. The van der Waals surface area contributed by atoms with Gasteiger partial charge in [-0.15, -0.1) is 0 Å². The van der Waals surface area contributed by atoms with Gasteiger partial charge in [0.2, 0.25) is 0 Å². The maximum atomic E-state index is 12.2. The van der Waals surface area contributed by atoms with Crippen LogP contribution in [0.15, 0.2) is 24.4 Å². The number of amides is 1. The summed E-state index contributed by atoms with van der Waals surface area (Å²) < 4.78 is 1.95. The zero-order valence-electron chi connectivity index (χ0n) is 11.6. The van der Waals surface area contributed by atoms with Crippen LogP contribution in [0.2, 0.25) is 0 Å². The minimum Gasteiger partial charge on any atom is -0.344 e. The minimum absolute atomic E-state index is 0.125. The first-order chi connectivity index (χ1) is 9.11. The molecular formula is C14H20N4O. The van der Waals surface area contributed by atoms with Gasteiger partial charge in [-0.05, 0) is 24.5 Å². The number of carbonyl (C=O) groups excluding carboxylic acids is 1. The highest BCUT2D eigenvalue weighted by atomic mass is 16.2. The molecule has 5 nitrogen and oxygen atoms in total. The highest BCUT2D eigenvalue weighted by Gasteiger charge is 2.12. The second-order valence-electron chi connectivity index (χ2n) is 4.90. The van der Waals surface area contributed by atoms with E-state index in [2.05, 4.69) is 36.3 Å². The zero-order chi connectivity index (χ0) is 13.8. The molecule has 5 heteroatoms. The maximum Gasteiger partial charge on any atom is 0.273 e. The van der Waals surface area contributed by atoms with E-state index >= 15 is 0 Å². The van der Waals surface area contributed by atoms with Gasteiger partial charge in [-0.1, -0.05) is 20.8 Å². The lowest BCUT2D eigenvalue weighted by atomic mass is 10.1. The summed E-state index contributed by atoms with van der Waals surface area (Å²) in [5.41, 5.74) is 1.68. The summed E-state index contributed by atoms with van der Waals surface area (Å²) in [6, 6.07) is 5.57. The van der Waals surface area contributed by atoms with Crippen LogP contribution in [0.3, 0.4) is 0 Å². The van der Waals surface area contributed by atoms with Crippen LogP contribution in [0.5, 0.6) is 0 Å². The lowest BCUT2D eigenvalue weighted by Crippen LogP contribution is -2.17. The molecule has 0 unspecified atom stereocenters. The number of rotatable bonds is 5. The van der Waals surface area contributed by atoms with Crippen molar-refractivity contribution in [3.63, 3.8) is 0 Å². The van der Waals surface area contributed by atoms with Crippen molar-refractivity contribution in [3.8, 4) is 0 Å². The molecular weight excluding hydrogens is 240 g/mol. The average Bonchev–Trinajstić information content (AvgIpc) is 2.98. The first-order valence-corrected chi connectivity index (χ1v) is 6.63. The molecule has 0 radical (unpaired) electrons. The lowest BCUT2D eigenvalue weighted by molar-refractivity contribution is 0.101. The van der Waals surface area contributed by atoms with E-state index in [0.29, 0.717) is 17.4 Å². The van der Waals surface area contributed by atoms with E-state index in [1.807, 2.05) is 29.0 Å². The molecule has 0 atom stereocenters. The molecule has 0 fully saturated rings. The molecule has 102 valence electrons. The smallest absolute Gasteiger partial charge is 0.273 e. The normalized spacial score (nSPS) is 10.9. The lowest BCUT2D eigenvalue weighted by Gasteiger charge is -2.06. The number of hydrogen-bond acceptors (Lipinski definition) is 2. The fourth-order valence-electron chi connectivity index (χ4n) is 1.93. The van der Waals surface area contributed by atoms with Crippen LogP contribution >= 0.6 is 0 Å². The first kappa shape index (κ1) is 13.4. The predicted octanol–water partition coefficient (Wildman–Crippen LogP) is 3.00. The van der Waals surface area contributed by atoms with Crippen LogP contribution in [0, 0.1) is 0 Å². The van der Waals surface area contributed by atoms with Crippen molar-refractivity contribution < 1.29 is 4.79 Å². The standard InChI is InChI=1S/C14H20N4O/c1-4-7-18-8-5-6-12(18)14(19)15-13-9-11(10(2)3)16-17-13/h5-6,8-10H,4,7H2,1-3H3,(H2,15,16,17,19). The molecule has 0 aromatic carbocycles. The topological polar surface area (TPSA) is 62.7 Å². The van der Waals surface area contributed by atoms with E-state index in [1.54, 1.807) is 0 Å². The monoisotopic (exact) mass is 260 g/mol. The second kappa shape index (κ2) is 5.73. The number of aromatic amines is 1. The van der Waals surface area contributed by atoms with Crippen molar-refractivity contribution in [2.75, 3.05) is 5.32 Å². The first-order valence-electron chi connectivity index (χ1n) is 6.63. The molecule has 2 heterocycles. The quantitative estimate of drug-likeness (QED) is 0.868. The summed E-state index contributed by atoms with van der Waals surface area (Å²) in [4.78, 5) is 12.2. The van der Waals surface area contributed by atoms with Crippen LogP contribution in [0.25, 0.3) is 0 Å². The van der Waals surface area contributed by atoms with Crippen LogP contribution in [0.4, 0.5) is 5.82 Å². The third-order valence-corrected chi connectivity index (χ3v) is 2.99. The van der Waals surface area contributed by atoms with Gasteiger partial charge in [0.25, 0.3) is 5.91 Å². The van der Waals surface area contributed by atoms with Gasteiger partial charge < -0.3 is 9.88 Å². The summed E-state index contributed by atoms with van der Waals surface area (Å²) in [5.74, 6) is 0.806. The van der Waals surface area contributed by atoms with E-state index in [0.717, 1.165) is 18.7 Å². The molecule has 1 amide bonds. The second-order valence-corrected chi connectivity index (χ2v) is 4.90. The maximum absolute atomic E-state index is 12.2. The SMILES string of the molecule is CCCn1cccc1C(=O)Nc1cc(C(C)C)[nH]n1. The van der Waals surface area contributed by atoms with Crippen LogP contribution < -0.4 is 5.32 Å². The molecule has 2 aromatic heterocycles. The van der Waals surface area contributed by atoms with Gasteiger partial charge in [0, 0.05) is 24.5 Å². The highest BCUT2D eigenvalue weighted by molar-refractivity contribution is 6.02. The molecule has 0 aliphatic rings. The Morgan fingerprint density at radius 1 is 1.53 bits per heavy atom. The number of hydrogen-bond donors (Lipinski definition) is 2. The summed E-state index contributed by atoms with van der Waals surface area (Å²) in [6.45, 7) is 7.08. The molecule has 2 N–H and O–H groups in total. The third kappa shape index (κ3) is 3.05. The zero-order valence-corrected chi connectivity index (χ0v) is 11.6. The molecule has 0 bridgehead atoms. The van der Waals surface area contributed by atoms with Gasteiger partial charge in [0.1, 0.15) is 5.69 Å². The van der Waals surface area contributed by atoms with Crippen molar-refractivity contribution >= 4 is 11.7 Å². The average molecular weight is 260 g/mol. The molecule has 2 aromatic rings. The molecule has 0 aliphatic carbocycles. The Bertz CT molecular complexity index is 553. The Hall–Kier alpha value is -2.04. The van der Waals surface area contributed by atoms with Crippen LogP contribution in [-0.2, 0) is 6.54 Å². The van der Waals surface area contributed by atoms with Crippen molar-refractivity contribution in [1.82, 2.24) is 14.8 Å². The number of carbonyl (C=O) groups is 1. The van der Waals surface area contributed by atoms with E-state index in [9.17, 15) is 4.79 Å². The van der Waals surface area contributed by atoms with Gasteiger partial charge in [-0.2, -0.15) is 5.10 Å². The predicted molar refractivity (Wildman–Crippen MR) is 75.4 cm³/mol. The fourth-order valence-corrected chi connectivity index (χ4v) is 1.93. The van der Waals surface area contributed by atoms with Gasteiger partial charge >= 0.3 is 0 Å². The van der Waals surface area contributed by atoms with Crippen molar-refractivity contribution in [1.29, 1.82) is 0 Å². The van der Waals surface area contributed by atoms with Crippen molar-refractivity contribution in [2.45, 2.75) is 39.7 Å². The van der Waals surface area contributed by atoms with Gasteiger partial charge in [-0.25, -0.2) is 0 Å². The Balaban J connectivity index is 2.09. The molecule has 19 heavy (non-hydrogen) atoms. The number of aromatic nitrogens is 3. The Kier molecular flexibility index (Phi) is 4.04. The summed E-state index contributed by atoms with van der Waals surface area (Å²) >= 11 is 0. The van der Waals surface area contributed by atoms with Crippen LogP contribution in [0.1, 0.15) is 49.3 Å². The summed E-state index contributed by atoms with van der Waals surface area (Å²) in [5, 5.41) is 9.84. The molecule has 0 spiro atoms. The molecule has 0 aliphatic heterocycles. The Morgan fingerprint density at radius 3 is 2.95 bits per heavy atom. The Morgan fingerprint density at radius 2 is 2.32 bits per heavy atom. The molecule has 0 saturated heterocycles. The molecule has 0 saturated carbocycles. The van der Waals surface area contributed by atoms with Gasteiger partial charge in [0.15, 0.2) is 5.82 Å². The van der Waals surface area contributed by atoms with Crippen LogP contribution in [-0.4, -0.2) is 20.7 Å². The highest BCUT2D eigenvalue weighted by Crippen LogP contribution is 2.15. The molecule has 2 rings (SSSR count). The van der Waals surface area contributed by atoms with Gasteiger partial charge in [-0.3, -0.25) is 9.89 Å². The minimum atomic E-state index is -0.125. The number of H-pyrrole nitrogens is 1. The summed E-state index contributed by atoms with van der Waals surface area (Å²) in [7, 11) is 0. The van der Waals surface area contributed by atoms with E-state index < -0.39 is 0 Å². The third-order valence-electron chi connectivity index (χ3n) is 2.99. The van der Waals surface area contributed by atoms with Crippen molar-refractivity contribution in [3.05, 3.63) is 35.8 Å². The van der Waals surface area contributed by atoms with Gasteiger partial charge in [0.05, 0.1) is 0 Å². The number of nitrogens with zero attached hydrogens (tertiary/aromatic N) is 2.